The molecule has 38 heavy (non-hydrogen) atoms. The van der Waals surface area contributed by atoms with Crippen LogP contribution in [0.1, 0.15) is 52.4 Å². The fourth-order valence-electron chi connectivity index (χ4n) is 4.41. The number of amides is 4. The van der Waals surface area contributed by atoms with Crippen molar-refractivity contribution < 1.29 is 53.9 Å². The normalized spacial score (nSPS) is 28.1. The monoisotopic (exact) mass is 546 g/mol. The second-order valence-electron chi connectivity index (χ2n) is 9.62. The molecule has 2 fully saturated rings. The van der Waals surface area contributed by atoms with Crippen molar-refractivity contribution in [3.8, 4) is 0 Å². The molecule has 8 atom stereocenters. The predicted molar refractivity (Wildman–Crippen MR) is 128 cm³/mol. The zero-order valence-electron chi connectivity index (χ0n) is 21.4. The first kappa shape index (κ1) is 31.4. The molecule has 2 aliphatic rings. The first-order valence-corrected chi connectivity index (χ1v) is 12.6. The number of carboxylic acids is 1. The van der Waals surface area contributed by atoms with Crippen LogP contribution in [0, 0.1) is 5.92 Å². The minimum atomic E-state index is -1.64. The van der Waals surface area contributed by atoms with Gasteiger partial charge in [0, 0.05) is 12.3 Å². The number of primary amides is 1. The number of ether oxygens (including phenoxy) is 2. The van der Waals surface area contributed by atoms with Gasteiger partial charge in [0.05, 0.1) is 6.61 Å². The van der Waals surface area contributed by atoms with E-state index in [1.165, 1.54) is 13.8 Å². The Labute approximate surface area is 219 Å². The summed E-state index contributed by atoms with van der Waals surface area (Å²) >= 11 is 0. The highest BCUT2D eigenvalue weighted by Crippen LogP contribution is 2.27. The van der Waals surface area contributed by atoms with E-state index in [9.17, 15) is 39.3 Å². The number of aliphatic hydroxyl groups excluding tert-OH is 3. The van der Waals surface area contributed by atoms with E-state index in [1.807, 2.05) is 0 Å². The molecular weight excluding hydrogens is 508 g/mol. The van der Waals surface area contributed by atoms with E-state index in [2.05, 4.69) is 16.0 Å². The van der Waals surface area contributed by atoms with Crippen molar-refractivity contribution in [2.75, 3.05) is 6.61 Å². The molecule has 1 saturated heterocycles. The molecule has 9 N–H and O–H groups in total. The average Bonchev–Trinajstić information content (AvgIpc) is 3.40. The van der Waals surface area contributed by atoms with E-state index in [0.29, 0.717) is 12.8 Å². The Morgan fingerprint density at radius 1 is 1.05 bits per heavy atom. The van der Waals surface area contributed by atoms with Crippen LogP contribution in [0.2, 0.25) is 0 Å². The van der Waals surface area contributed by atoms with Crippen molar-refractivity contribution in [1.29, 1.82) is 0 Å². The van der Waals surface area contributed by atoms with E-state index < -0.39 is 85.5 Å². The lowest BCUT2D eigenvalue weighted by Gasteiger charge is -2.43. The van der Waals surface area contributed by atoms with Crippen LogP contribution in [0.4, 0.5) is 0 Å². The van der Waals surface area contributed by atoms with Crippen LogP contribution < -0.4 is 21.7 Å². The SMILES string of the molecule is C[C@H](NC(=O)[C@@H](C)O[C@H]1[C@H](O)[C@@H](CO)OC(O)[C@@H]1NC(=O)C1CCCC1)C(=O)N[C@H](CCC(=O)O)C(N)=O. The minimum absolute atomic E-state index is 0.236. The molecule has 0 aromatic heterocycles. The third kappa shape index (κ3) is 8.59. The Morgan fingerprint density at radius 3 is 2.24 bits per heavy atom. The van der Waals surface area contributed by atoms with Crippen LogP contribution >= 0.6 is 0 Å². The largest absolute Gasteiger partial charge is 0.481 e. The van der Waals surface area contributed by atoms with E-state index in [1.54, 1.807) is 0 Å². The first-order chi connectivity index (χ1) is 17.8. The standard InChI is InChI=1S/C23H38N4O11/c1-10(20(33)26-13(19(24)32)7-8-15(29)30)25-21(34)11(2)37-18-16(23(36)38-14(9-28)17(18)31)27-22(35)12-5-3-4-6-12/h10-14,16-18,23,28,31,36H,3-9H2,1-2H3,(H2,24,32)(H,25,34)(H,26,33)(H,27,35)(H,29,30)/t10-,11+,13+,14+,16+,17+,18+,23?/m0/s1. The summed E-state index contributed by atoms with van der Waals surface area (Å²) in [6, 6.07) is -3.69. The third-order valence-electron chi connectivity index (χ3n) is 6.70. The van der Waals surface area contributed by atoms with Crippen molar-refractivity contribution in [3.63, 3.8) is 0 Å². The number of hydrogen-bond donors (Lipinski definition) is 8. The minimum Gasteiger partial charge on any atom is -0.481 e. The molecule has 1 unspecified atom stereocenters. The molecule has 0 radical (unpaired) electrons. The molecule has 0 spiro atoms. The summed E-state index contributed by atoms with van der Waals surface area (Å²) in [6.45, 7) is 1.97. The Balaban J connectivity index is 2.03. The average molecular weight is 547 g/mol. The summed E-state index contributed by atoms with van der Waals surface area (Å²) in [5.74, 6) is -4.35. The molecule has 1 saturated carbocycles. The van der Waals surface area contributed by atoms with Crippen LogP contribution in [-0.4, -0.2) is 105 Å². The second-order valence-corrected chi connectivity index (χ2v) is 9.62. The maximum absolute atomic E-state index is 12.7. The smallest absolute Gasteiger partial charge is 0.303 e. The molecule has 0 bridgehead atoms. The molecule has 1 aliphatic carbocycles. The Morgan fingerprint density at radius 2 is 1.68 bits per heavy atom. The van der Waals surface area contributed by atoms with Gasteiger partial charge in [0.1, 0.15) is 42.5 Å². The second kappa shape index (κ2) is 14.3. The Hall–Kier alpha value is -2.85. The lowest BCUT2D eigenvalue weighted by Crippen LogP contribution is -2.66. The highest BCUT2D eigenvalue weighted by atomic mass is 16.6. The van der Waals surface area contributed by atoms with E-state index >= 15 is 0 Å². The lowest BCUT2D eigenvalue weighted by atomic mass is 9.95. The molecule has 4 amide bonds. The van der Waals surface area contributed by atoms with Crippen molar-refractivity contribution in [1.82, 2.24) is 16.0 Å². The summed E-state index contributed by atoms with van der Waals surface area (Å²) in [7, 11) is 0. The number of aliphatic hydroxyl groups is 3. The maximum atomic E-state index is 12.7. The molecule has 2 rings (SSSR count). The number of rotatable bonds is 13. The van der Waals surface area contributed by atoms with Gasteiger partial charge in [0.2, 0.25) is 23.6 Å². The van der Waals surface area contributed by atoms with Gasteiger partial charge in [-0.1, -0.05) is 12.8 Å². The van der Waals surface area contributed by atoms with Gasteiger partial charge in [0.15, 0.2) is 6.29 Å². The molecule has 0 aromatic carbocycles. The van der Waals surface area contributed by atoms with Crippen molar-refractivity contribution >= 4 is 29.6 Å². The fourth-order valence-corrected chi connectivity index (χ4v) is 4.41. The van der Waals surface area contributed by atoms with Crippen molar-refractivity contribution in [2.45, 2.75) is 101 Å². The molecule has 0 aromatic rings. The quantitative estimate of drug-likeness (QED) is 0.115. The van der Waals surface area contributed by atoms with Gasteiger partial charge in [-0.2, -0.15) is 0 Å². The number of hydrogen-bond acceptors (Lipinski definition) is 10. The summed E-state index contributed by atoms with van der Waals surface area (Å²) in [4.78, 5) is 60.1. The maximum Gasteiger partial charge on any atom is 0.303 e. The molecule has 1 aliphatic heterocycles. The third-order valence-corrected chi connectivity index (χ3v) is 6.70. The number of carboxylic acid groups (broad SMARTS) is 1. The molecule has 1 heterocycles. The highest BCUT2D eigenvalue weighted by molar-refractivity contribution is 5.92. The number of carbonyl (C=O) groups is 5. The number of nitrogens with two attached hydrogens (primary N) is 1. The van der Waals surface area contributed by atoms with Crippen LogP contribution in [0.25, 0.3) is 0 Å². The van der Waals surface area contributed by atoms with Gasteiger partial charge >= 0.3 is 5.97 Å². The lowest BCUT2D eigenvalue weighted by molar-refractivity contribution is -0.266. The Kier molecular flexibility index (Phi) is 11.8. The zero-order valence-corrected chi connectivity index (χ0v) is 21.4. The number of carbonyl (C=O) groups excluding carboxylic acids is 4. The summed E-state index contributed by atoms with van der Waals surface area (Å²) in [5.41, 5.74) is 5.20. The topological polar surface area (TPSA) is 247 Å². The van der Waals surface area contributed by atoms with E-state index in [-0.39, 0.29) is 18.2 Å². The van der Waals surface area contributed by atoms with Crippen LogP contribution in [-0.2, 0) is 33.4 Å². The Bertz CT molecular complexity index is 866. The van der Waals surface area contributed by atoms with Crippen LogP contribution in [0.15, 0.2) is 0 Å². The van der Waals surface area contributed by atoms with Gasteiger partial charge in [0.25, 0.3) is 0 Å². The van der Waals surface area contributed by atoms with Gasteiger partial charge in [-0.15, -0.1) is 0 Å². The highest BCUT2D eigenvalue weighted by Gasteiger charge is 2.47. The summed E-state index contributed by atoms with van der Waals surface area (Å²) < 4.78 is 10.9. The predicted octanol–water partition coefficient (Wildman–Crippen LogP) is -3.15. The molecule has 15 nitrogen and oxygen atoms in total. The van der Waals surface area contributed by atoms with Crippen LogP contribution in [0.3, 0.4) is 0 Å². The van der Waals surface area contributed by atoms with Crippen molar-refractivity contribution in [3.05, 3.63) is 0 Å². The van der Waals surface area contributed by atoms with Gasteiger partial charge in [-0.25, -0.2) is 0 Å². The fraction of sp³-hybridized carbons (Fsp3) is 0.783. The van der Waals surface area contributed by atoms with Crippen LogP contribution in [0.5, 0.6) is 0 Å². The summed E-state index contributed by atoms with van der Waals surface area (Å²) in [5, 5.41) is 46.7. The van der Waals surface area contributed by atoms with Gasteiger partial charge in [-0.3, -0.25) is 24.0 Å². The molecular formula is C23H38N4O11. The van der Waals surface area contributed by atoms with Gasteiger partial charge in [-0.05, 0) is 33.1 Å². The number of aliphatic carboxylic acids is 1. The molecule has 15 heteroatoms. The summed E-state index contributed by atoms with van der Waals surface area (Å²) in [6.07, 6.45) is -4.57. The van der Waals surface area contributed by atoms with E-state index in [4.69, 9.17) is 20.3 Å². The molecule has 216 valence electrons. The number of nitrogens with one attached hydrogen (secondary N) is 3. The van der Waals surface area contributed by atoms with E-state index in [0.717, 1.165) is 12.8 Å². The van der Waals surface area contributed by atoms with Crippen molar-refractivity contribution in [2.24, 2.45) is 11.7 Å². The zero-order chi connectivity index (χ0) is 28.6. The van der Waals surface area contributed by atoms with Gasteiger partial charge < -0.3 is 51.6 Å². The first-order valence-electron chi connectivity index (χ1n) is 12.6.